The zero-order valence-corrected chi connectivity index (χ0v) is 9.03. The third kappa shape index (κ3) is 1.98. The first-order valence-electron chi connectivity index (χ1n) is 4.41. The summed E-state index contributed by atoms with van der Waals surface area (Å²) in [4.78, 5) is 0. The predicted molar refractivity (Wildman–Crippen MR) is 53.6 cm³/mol. The summed E-state index contributed by atoms with van der Waals surface area (Å²) in [6, 6.07) is 0. The van der Waals surface area contributed by atoms with Gasteiger partial charge in [-0.1, -0.05) is 0 Å². The summed E-state index contributed by atoms with van der Waals surface area (Å²) in [7, 11) is -2.93. The monoisotopic (exact) mass is 226 g/mol. The van der Waals surface area contributed by atoms with Crippen LogP contribution in [0.2, 0.25) is 0 Å². The molecule has 0 unspecified atom stereocenters. The second-order valence-electron chi connectivity index (χ2n) is 3.43. The number of sulfonamides is 1. The summed E-state index contributed by atoms with van der Waals surface area (Å²) in [6.07, 6.45) is 2.05. The average Bonchev–Trinajstić information content (AvgIpc) is 2.30. The Morgan fingerprint density at radius 2 is 1.69 bits per heavy atom. The molecule has 2 saturated heterocycles. The highest BCUT2D eigenvalue weighted by Gasteiger charge is 2.36. The number of halogens is 1. The van der Waals surface area contributed by atoms with E-state index in [0.29, 0.717) is 13.1 Å². The highest BCUT2D eigenvalue weighted by Crippen LogP contribution is 2.18. The number of hydrogen-bond acceptors (Lipinski definition) is 3. The van der Waals surface area contributed by atoms with Crippen LogP contribution in [-0.4, -0.2) is 44.2 Å². The van der Waals surface area contributed by atoms with Gasteiger partial charge in [-0.15, -0.1) is 12.4 Å². The van der Waals surface area contributed by atoms with Crippen molar-refractivity contribution < 1.29 is 8.42 Å². The second kappa shape index (κ2) is 4.13. The van der Waals surface area contributed by atoms with Gasteiger partial charge in [0.1, 0.15) is 5.25 Å². The lowest BCUT2D eigenvalue weighted by atomic mass is 10.3. The van der Waals surface area contributed by atoms with E-state index in [-0.39, 0.29) is 17.7 Å². The molecule has 0 bridgehead atoms. The molecule has 0 aromatic heterocycles. The highest BCUT2D eigenvalue weighted by molar-refractivity contribution is 7.89. The van der Waals surface area contributed by atoms with Gasteiger partial charge in [0.2, 0.25) is 10.0 Å². The zero-order chi connectivity index (χ0) is 8.60. The van der Waals surface area contributed by atoms with Crippen LogP contribution in [0.1, 0.15) is 12.8 Å². The third-order valence-corrected chi connectivity index (χ3v) is 4.85. The SMILES string of the molecule is Cl.O=S(=O)(C1CNC1)N1CCCC1. The van der Waals surface area contributed by atoms with Gasteiger partial charge in [-0.2, -0.15) is 0 Å². The topological polar surface area (TPSA) is 49.4 Å². The lowest BCUT2D eigenvalue weighted by molar-refractivity contribution is 0.429. The normalized spacial score (nSPS) is 25.2. The third-order valence-electron chi connectivity index (χ3n) is 2.59. The molecule has 2 aliphatic heterocycles. The molecule has 6 heteroatoms. The van der Waals surface area contributed by atoms with Crippen molar-refractivity contribution in [3.05, 3.63) is 0 Å². The Bertz CT molecular complexity index is 258. The van der Waals surface area contributed by atoms with Crippen molar-refractivity contribution in [1.82, 2.24) is 9.62 Å². The van der Waals surface area contributed by atoms with Gasteiger partial charge in [-0.05, 0) is 12.8 Å². The van der Waals surface area contributed by atoms with Crippen LogP contribution >= 0.6 is 12.4 Å². The maximum Gasteiger partial charge on any atom is 0.219 e. The van der Waals surface area contributed by atoms with Crippen LogP contribution in [0.3, 0.4) is 0 Å². The molecule has 0 aromatic carbocycles. The van der Waals surface area contributed by atoms with Crippen molar-refractivity contribution in [2.24, 2.45) is 0 Å². The molecule has 0 saturated carbocycles. The second-order valence-corrected chi connectivity index (χ2v) is 5.64. The summed E-state index contributed by atoms with van der Waals surface area (Å²) >= 11 is 0. The van der Waals surface area contributed by atoms with Gasteiger partial charge >= 0.3 is 0 Å². The predicted octanol–water partition coefficient (Wildman–Crippen LogP) is -0.194. The molecular formula is C7H15ClN2O2S. The van der Waals surface area contributed by atoms with Gasteiger partial charge in [-0.3, -0.25) is 0 Å². The van der Waals surface area contributed by atoms with E-state index in [1.54, 1.807) is 4.31 Å². The lowest BCUT2D eigenvalue weighted by Crippen LogP contribution is -2.55. The zero-order valence-electron chi connectivity index (χ0n) is 7.40. The van der Waals surface area contributed by atoms with Crippen LogP contribution < -0.4 is 5.32 Å². The lowest BCUT2D eigenvalue weighted by Gasteiger charge is -2.30. The van der Waals surface area contributed by atoms with E-state index in [2.05, 4.69) is 5.32 Å². The molecule has 0 spiro atoms. The van der Waals surface area contributed by atoms with Crippen LogP contribution in [0.25, 0.3) is 0 Å². The first-order valence-corrected chi connectivity index (χ1v) is 5.91. The van der Waals surface area contributed by atoms with E-state index in [1.807, 2.05) is 0 Å². The Morgan fingerprint density at radius 1 is 1.15 bits per heavy atom. The molecule has 1 N–H and O–H groups in total. The van der Waals surface area contributed by atoms with Gasteiger partial charge in [0.25, 0.3) is 0 Å². The molecule has 78 valence electrons. The molecule has 0 atom stereocenters. The van der Waals surface area contributed by atoms with E-state index in [9.17, 15) is 8.42 Å². The first-order chi connectivity index (χ1) is 5.71. The van der Waals surface area contributed by atoms with Crippen LogP contribution in [0, 0.1) is 0 Å². The van der Waals surface area contributed by atoms with Crippen LogP contribution in [0.5, 0.6) is 0 Å². The van der Waals surface area contributed by atoms with Crippen LogP contribution in [0.4, 0.5) is 0 Å². The van der Waals surface area contributed by atoms with Gasteiger partial charge in [0, 0.05) is 26.2 Å². The van der Waals surface area contributed by atoms with Crippen molar-refractivity contribution in [3.63, 3.8) is 0 Å². The molecule has 2 fully saturated rings. The minimum Gasteiger partial charge on any atom is -0.314 e. The molecule has 0 radical (unpaired) electrons. The number of hydrogen-bond donors (Lipinski definition) is 1. The Labute approximate surface area is 85.1 Å². The standard InChI is InChI=1S/C7H14N2O2S.ClH/c10-12(11,7-5-8-6-7)9-3-1-2-4-9;/h7-8H,1-6H2;1H. The highest BCUT2D eigenvalue weighted by atomic mass is 35.5. The fraction of sp³-hybridized carbons (Fsp3) is 1.00. The molecule has 4 nitrogen and oxygen atoms in total. The van der Waals surface area contributed by atoms with E-state index >= 15 is 0 Å². The summed E-state index contributed by atoms with van der Waals surface area (Å²) in [5.41, 5.74) is 0. The van der Waals surface area contributed by atoms with Crippen molar-refractivity contribution in [2.45, 2.75) is 18.1 Å². The van der Waals surface area contributed by atoms with Crippen molar-refractivity contribution in [2.75, 3.05) is 26.2 Å². The number of nitrogens with zero attached hydrogens (tertiary/aromatic N) is 1. The quantitative estimate of drug-likeness (QED) is 0.710. The van der Waals surface area contributed by atoms with Crippen molar-refractivity contribution in [1.29, 1.82) is 0 Å². The molecule has 0 aromatic rings. The maximum absolute atomic E-state index is 11.7. The fourth-order valence-corrected chi connectivity index (χ4v) is 3.47. The summed E-state index contributed by atoms with van der Waals surface area (Å²) in [5.74, 6) is 0. The summed E-state index contributed by atoms with van der Waals surface area (Å²) in [5, 5.41) is 2.84. The Balaban J connectivity index is 0.000000845. The minimum atomic E-state index is -2.93. The van der Waals surface area contributed by atoms with E-state index in [4.69, 9.17) is 0 Å². The van der Waals surface area contributed by atoms with E-state index in [0.717, 1.165) is 25.9 Å². The van der Waals surface area contributed by atoms with Gasteiger partial charge in [0.15, 0.2) is 0 Å². The molecule has 13 heavy (non-hydrogen) atoms. The Kier molecular flexibility index (Phi) is 3.57. The smallest absolute Gasteiger partial charge is 0.219 e. The molecule has 0 aliphatic carbocycles. The minimum absolute atomic E-state index is 0. The van der Waals surface area contributed by atoms with Gasteiger partial charge < -0.3 is 5.32 Å². The number of rotatable bonds is 2. The summed E-state index contributed by atoms with van der Waals surface area (Å²) in [6.45, 7) is 2.75. The summed E-state index contributed by atoms with van der Waals surface area (Å²) < 4.78 is 25.0. The largest absolute Gasteiger partial charge is 0.314 e. The van der Waals surface area contributed by atoms with E-state index in [1.165, 1.54) is 0 Å². The van der Waals surface area contributed by atoms with Gasteiger partial charge in [0.05, 0.1) is 0 Å². The molecule has 2 rings (SSSR count). The Morgan fingerprint density at radius 3 is 2.08 bits per heavy atom. The van der Waals surface area contributed by atoms with Crippen LogP contribution in [-0.2, 0) is 10.0 Å². The Hall–Kier alpha value is 0.160. The fourth-order valence-electron chi connectivity index (χ4n) is 1.63. The number of nitrogens with one attached hydrogen (secondary N) is 1. The van der Waals surface area contributed by atoms with Crippen LogP contribution in [0.15, 0.2) is 0 Å². The van der Waals surface area contributed by atoms with Gasteiger partial charge in [-0.25, -0.2) is 12.7 Å². The van der Waals surface area contributed by atoms with Crippen molar-refractivity contribution in [3.8, 4) is 0 Å². The van der Waals surface area contributed by atoms with Crippen molar-refractivity contribution >= 4 is 22.4 Å². The molecule has 0 amide bonds. The molecular weight excluding hydrogens is 212 g/mol. The average molecular weight is 227 g/mol. The first kappa shape index (κ1) is 11.2. The maximum atomic E-state index is 11.7. The van der Waals surface area contributed by atoms with E-state index < -0.39 is 10.0 Å². The molecule has 2 heterocycles. The molecule has 2 aliphatic rings.